The highest BCUT2D eigenvalue weighted by Gasteiger charge is 2.17. The number of hydrogen-bond acceptors (Lipinski definition) is 3. The van der Waals surface area contributed by atoms with Gasteiger partial charge in [-0.15, -0.1) is 11.7 Å². The molecule has 0 saturated carbocycles. The lowest BCUT2D eigenvalue weighted by molar-refractivity contribution is 0.578. The highest BCUT2D eigenvalue weighted by Crippen LogP contribution is 2.37. The minimum atomic E-state index is 0.171. The average Bonchev–Trinajstić information content (AvgIpc) is 2.39. The van der Waals surface area contributed by atoms with Crippen LogP contribution in [0.3, 0.4) is 0 Å². The van der Waals surface area contributed by atoms with Crippen molar-refractivity contribution in [2.45, 2.75) is 40.9 Å². The Morgan fingerprint density at radius 2 is 1.42 bits per heavy atom. The Kier molecular flexibility index (Phi) is 4.93. The van der Waals surface area contributed by atoms with Gasteiger partial charge < -0.3 is 0 Å². The van der Waals surface area contributed by atoms with E-state index in [-0.39, 0.29) is 5.41 Å². The molecule has 0 nitrogen and oxygen atoms in total. The molecule has 3 heteroatoms. The normalized spacial score (nSPS) is 11.6. The number of benzene rings is 2. The quantitative estimate of drug-likeness (QED) is 0.539. The topological polar surface area (TPSA) is 0 Å². The highest BCUT2D eigenvalue weighted by molar-refractivity contribution is 8.68. The van der Waals surface area contributed by atoms with Gasteiger partial charge in [-0.05, 0) is 41.3 Å². The molecule has 0 aliphatic carbocycles. The molecule has 0 unspecified atom stereocenters. The minimum absolute atomic E-state index is 0.171. The maximum Gasteiger partial charge on any atom is 0.0181 e. The van der Waals surface area contributed by atoms with Crippen molar-refractivity contribution in [3.63, 3.8) is 0 Å². The third-order valence-electron chi connectivity index (χ3n) is 2.85. The molecule has 0 heterocycles. The molecule has 0 amide bonds. The van der Waals surface area contributed by atoms with Crippen molar-refractivity contribution >= 4 is 34.2 Å². The molecule has 19 heavy (non-hydrogen) atoms. The van der Waals surface area contributed by atoms with Crippen LogP contribution in [-0.2, 0) is 5.41 Å². The SMILES string of the molecule is CC(C)(C)c1ccccc1Sc1ccc(SS)cc1. The fourth-order valence-electron chi connectivity index (χ4n) is 1.87. The summed E-state index contributed by atoms with van der Waals surface area (Å²) in [6, 6.07) is 17.2. The molecule has 0 aliphatic heterocycles. The molecule has 0 N–H and O–H groups in total. The monoisotopic (exact) mass is 306 g/mol. The van der Waals surface area contributed by atoms with Crippen LogP contribution in [0.2, 0.25) is 0 Å². The van der Waals surface area contributed by atoms with Gasteiger partial charge in [0.2, 0.25) is 0 Å². The summed E-state index contributed by atoms with van der Waals surface area (Å²) in [5, 5.41) is 0. The second kappa shape index (κ2) is 6.29. The Hall–Kier alpha value is -0.510. The van der Waals surface area contributed by atoms with E-state index in [2.05, 4.69) is 81.0 Å². The largest absolute Gasteiger partial charge is 0.106 e. The van der Waals surface area contributed by atoms with Gasteiger partial charge in [0.05, 0.1) is 0 Å². The van der Waals surface area contributed by atoms with E-state index in [1.54, 1.807) is 0 Å². The van der Waals surface area contributed by atoms with E-state index in [9.17, 15) is 0 Å². The Balaban J connectivity index is 2.28. The molecule has 0 radical (unpaired) electrons. The first-order chi connectivity index (χ1) is 9.00. The van der Waals surface area contributed by atoms with Crippen molar-refractivity contribution < 1.29 is 0 Å². The maximum absolute atomic E-state index is 4.21. The third kappa shape index (κ3) is 3.98. The van der Waals surface area contributed by atoms with Crippen LogP contribution in [-0.4, -0.2) is 0 Å². The summed E-state index contributed by atoms with van der Waals surface area (Å²) in [4.78, 5) is 3.78. The van der Waals surface area contributed by atoms with Gasteiger partial charge in [0, 0.05) is 14.7 Å². The van der Waals surface area contributed by atoms with Crippen LogP contribution >= 0.6 is 34.2 Å². The predicted octanol–water partition coefficient (Wildman–Crippen LogP) is 6.07. The van der Waals surface area contributed by atoms with E-state index in [4.69, 9.17) is 0 Å². The molecule has 0 aliphatic rings. The van der Waals surface area contributed by atoms with Crippen molar-refractivity contribution in [3.05, 3.63) is 54.1 Å². The average molecular weight is 307 g/mol. The first-order valence-electron chi connectivity index (χ1n) is 6.19. The van der Waals surface area contributed by atoms with Gasteiger partial charge in [0.1, 0.15) is 0 Å². The molecular weight excluding hydrogens is 288 g/mol. The third-order valence-corrected chi connectivity index (χ3v) is 5.05. The zero-order valence-electron chi connectivity index (χ0n) is 11.4. The lowest BCUT2D eigenvalue weighted by Gasteiger charge is -2.22. The first-order valence-corrected chi connectivity index (χ1v) is 8.88. The highest BCUT2D eigenvalue weighted by atomic mass is 33.1. The van der Waals surface area contributed by atoms with E-state index in [0.29, 0.717) is 0 Å². The number of rotatable bonds is 3. The maximum atomic E-state index is 4.21. The molecular formula is C16H18S3. The number of hydrogen-bond donors (Lipinski definition) is 1. The summed E-state index contributed by atoms with van der Waals surface area (Å²) in [5.41, 5.74) is 1.57. The van der Waals surface area contributed by atoms with Crippen LogP contribution in [0.5, 0.6) is 0 Å². The summed E-state index contributed by atoms with van der Waals surface area (Å²) in [6.07, 6.45) is 0. The smallest absolute Gasteiger partial charge is 0.0181 e. The Morgan fingerprint density at radius 3 is 2.00 bits per heavy atom. The molecule has 0 bridgehead atoms. The van der Waals surface area contributed by atoms with E-state index in [0.717, 1.165) is 0 Å². The number of thiol groups is 1. The van der Waals surface area contributed by atoms with Gasteiger partial charge in [-0.1, -0.05) is 61.5 Å². The van der Waals surface area contributed by atoms with Crippen LogP contribution in [0.15, 0.2) is 63.2 Å². The molecule has 2 aromatic carbocycles. The summed E-state index contributed by atoms with van der Waals surface area (Å²) < 4.78 is 0. The fourth-order valence-corrected chi connectivity index (χ4v) is 3.65. The van der Waals surface area contributed by atoms with Crippen molar-refractivity contribution in [3.8, 4) is 0 Å². The second-order valence-corrected chi connectivity index (χ2v) is 7.73. The van der Waals surface area contributed by atoms with Gasteiger partial charge in [-0.25, -0.2) is 0 Å². The Bertz CT molecular complexity index is 539. The van der Waals surface area contributed by atoms with Gasteiger partial charge in [0.25, 0.3) is 0 Å². The molecule has 0 spiro atoms. The van der Waals surface area contributed by atoms with Crippen LogP contribution < -0.4 is 0 Å². The van der Waals surface area contributed by atoms with Crippen LogP contribution in [0, 0.1) is 0 Å². The zero-order valence-corrected chi connectivity index (χ0v) is 13.9. The second-order valence-electron chi connectivity index (χ2n) is 5.41. The molecule has 2 aromatic rings. The van der Waals surface area contributed by atoms with Crippen LogP contribution in [0.1, 0.15) is 26.3 Å². The molecule has 2 rings (SSSR count). The Labute approximate surface area is 129 Å². The van der Waals surface area contributed by atoms with Gasteiger partial charge >= 0.3 is 0 Å². The summed E-state index contributed by atoms with van der Waals surface area (Å²) in [7, 11) is 1.48. The van der Waals surface area contributed by atoms with Crippen molar-refractivity contribution in [2.24, 2.45) is 0 Å². The first kappa shape index (κ1) is 14.9. The molecule has 0 fully saturated rings. The summed E-state index contributed by atoms with van der Waals surface area (Å²) >= 11 is 6.03. The van der Waals surface area contributed by atoms with E-state index in [1.807, 2.05) is 11.8 Å². The van der Waals surface area contributed by atoms with Crippen molar-refractivity contribution in [1.29, 1.82) is 0 Å². The fraction of sp³-hybridized carbons (Fsp3) is 0.250. The molecule has 0 aromatic heterocycles. The molecule has 100 valence electrons. The van der Waals surface area contributed by atoms with Crippen LogP contribution in [0.4, 0.5) is 0 Å². The van der Waals surface area contributed by atoms with Crippen molar-refractivity contribution in [1.82, 2.24) is 0 Å². The van der Waals surface area contributed by atoms with E-state index >= 15 is 0 Å². The molecule has 0 saturated heterocycles. The zero-order chi connectivity index (χ0) is 13.9. The minimum Gasteiger partial charge on any atom is -0.106 e. The van der Waals surface area contributed by atoms with Crippen LogP contribution in [0.25, 0.3) is 0 Å². The van der Waals surface area contributed by atoms with E-state index < -0.39 is 0 Å². The van der Waals surface area contributed by atoms with Crippen molar-refractivity contribution in [2.75, 3.05) is 0 Å². The summed E-state index contributed by atoms with van der Waals surface area (Å²) in [5.74, 6) is 0. The van der Waals surface area contributed by atoms with Gasteiger partial charge in [0.15, 0.2) is 0 Å². The standard InChI is InChI=1S/C16H18S3/c1-16(2,3)14-6-4-5-7-15(14)18-12-8-10-13(19-17)11-9-12/h4-11,17H,1-3H3. The lowest BCUT2D eigenvalue weighted by atomic mass is 9.87. The van der Waals surface area contributed by atoms with E-state index in [1.165, 1.54) is 31.0 Å². The predicted molar refractivity (Wildman–Crippen MR) is 90.6 cm³/mol. The Morgan fingerprint density at radius 1 is 0.842 bits per heavy atom. The lowest BCUT2D eigenvalue weighted by Crippen LogP contribution is -2.12. The van der Waals surface area contributed by atoms with Gasteiger partial charge in [-0.2, -0.15) is 0 Å². The van der Waals surface area contributed by atoms with Gasteiger partial charge in [-0.3, -0.25) is 0 Å². The molecule has 0 atom stereocenters. The summed E-state index contributed by atoms with van der Waals surface area (Å²) in [6.45, 7) is 6.77.